The van der Waals surface area contributed by atoms with Crippen molar-refractivity contribution in [3.8, 4) is 5.75 Å². The number of aliphatic imine (C=N–C) groups is 1. The summed E-state index contributed by atoms with van der Waals surface area (Å²) in [6.45, 7) is 1.99. The van der Waals surface area contributed by atoms with Gasteiger partial charge in [-0.3, -0.25) is 14.8 Å². The molecule has 2 aliphatic rings. The van der Waals surface area contributed by atoms with Crippen molar-refractivity contribution < 1.29 is 9.53 Å². The van der Waals surface area contributed by atoms with Gasteiger partial charge in [0.05, 0.1) is 34.9 Å². The highest BCUT2D eigenvalue weighted by Gasteiger charge is 2.30. The Bertz CT molecular complexity index is 920. The molecule has 134 valence electrons. The van der Waals surface area contributed by atoms with E-state index in [1.165, 1.54) is 0 Å². The number of para-hydroxylation sites is 1. The highest BCUT2D eigenvalue weighted by Crippen LogP contribution is 2.40. The number of hydrogen-bond donors (Lipinski definition) is 1. The van der Waals surface area contributed by atoms with E-state index in [0.717, 1.165) is 47.0 Å². The Kier molecular flexibility index (Phi) is 4.41. The minimum absolute atomic E-state index is 0.229. The molecule has 4 rings (SSSR count). The number of Topliss-reactive ketones (excluding diaryl/α,β-unsaturated/α-hetero) is 1. The Labute approximate surface area is 157 Å². The zero-order chi connectivity index (χ0) is 18.3. The van der Waals surface area contributed by atoms with Crippen LogP contribution in [0.1, 0.15) is 31.2 Å². The second-order valence-electron chi connectivity index (χ2n) is 6.84. The van der Waals surface area contributed by atoms with Crippen LogP contribution >= 0.6 is 11.6 Å². The highest BCUT2D eigenvalue weighted by atomic mass is 35.5. The molecule has 0 saturated heterocycles. The molecular formula is C20H20ClN3O2. The average Bonchev–Trinajstić information content (AvgIpc) is 3.37. The van der Waals surface area contributed by atoms with Crippen LogP contribution < -0.4 is 10.1 Å². The van der Waals surface area contributed by atoms with Gasteiger partial charge in [-0.05, 0) is 38.0 Å². The summed E-state index contributed by atoms with van der Waals surface area (Å²) in [4.78, 5) is 21.5. The van der Waals surface area contributed by atoms with Crippen LogP contribution in [0.4, 0.5) is 17.1 Å². The summed E-state index contributed by atoms with van der Waals surface area (Å²) in [6.07, 6.45) is 3.11. The largest absolute Gasteiger partial charge is 0.493 e. The maximum Gasteiger partial charge on any atom is 0.160 e. The molecule has 0 spiro atoms. The minimum atomic E-state index is 0.229. The van der Waals surface area contributed by atoms with E-state index in [-0.39, 0.29) is 11.7 Å². The fraction of sp³-hybridized carbons (Fsp3) is 0.350. The molecule has 2 aromatic rings. The quantitative estimate of drug-likeness (QED) is 0.804. The van der Waals surface area contributed by atoms with Crippen LogP contribution in [0.3, 0.4) is 0 Å². The molecule has 0 radical (unpaired) electrons. The van der Waals surface area contributed by atoms with Gasteiger partial charge in [-0.15, -0.1) is 0 Å². The maximum atomic E-state index is 12.2. The van der Waals surface area contributed by atoms with Gasteiger partial charge in [0, 0.05) is 24.5 Å². The van der Waals surface area contributed by atoms with E-state index in [0.29, 0.717) is 23.6 Å². The third kappa shape index (κ3) is 3.31. The number of aromatic nitrogens is 1. The number of halogens is 1. The summed E-state index contributed by atoms with van der Waals surface area (Å²) in [5, 5.41) is 3.91. The highest BCUT2D eigenvalue weighted by molar-refractivity contribution is 6.32. The molecule has 1 aromatic carbocycles. The van der Waals surface area contributed by atoms with Crippen molar-refractivity contribution in [2.45, 2.75) is 32.6 Å². The summed E-state index contributed by atoms with van der Waals surface area (Å²) in [6, 6.07) is 7.46. The number of ether oxygens (including phenoxy) is 1. The van der Waals surface area contributed by atoms with E-state index in [1.54, 1.807) is 13.2 Å². The number of hydrogen-bond acceptors (Lipinski definition) is 5. The second-order valence-corrected chi connectivity index (χ2v) is 7.25. The van der Waals surface area contributed by atoms with Gasteiger partial charge in [-0.1, -0.05) is 17.7 Å². The third-order valence-corrected chi connectivity index (χ3v) is 4.97. The lowest BCUT2D eigenvalue weighted by Crippen LogP contribution is -2.08. The summed E-state index contributed by atoms with van der Waals surface area (Å²) < 4.78 is 5.42. The van der Waals surface area contributed by atoms with Crippen LogP contribution in [0.5, 0.6) is 5.75 Å². The van der Waals surface area contributed by atoms with Gasteiger partial charge in [0.1, 0.15) is 11.5 Å². The Hall–Kier alpha value is -2.40. The first-order valence-corrected chi connectivity index (χ1v) is 9.12. The number of nitrogens with one attached hydrogen (secondary N) is 1. The van der Waals surface area contributed by atoms with Crippen molar-refractivity contribution in [3.05, 3.63) is 40.7 Å². The molecule has 5 nitrogen and oxygen atoms in total. The van der Waals surface area contributed by atoms with Crippen molar-refractivity contribution in [1.82, 2.24) is 4.98 Å². The van der Waals surface area contributed by atoms with E-state index < -0.39 is 0 Å². The third-order valence-electron chi connectivity index (χ3n) is 4.67. The first-order valence-electron chi connectivity index (χ1n) is 8.74. The zero-order valence-electron chi connectivity index (χ0n) is 14.8. The lowest BCUT2D eigenvalue weighted by molar-refractivity contribution is -0.119. The van der Waals surface area contributed by atoms with Crippen LogP contribution in [0.2, 0.25) is 5.02 Å². The molecular weight excluding hydrogens is 350 g/mol. The fourth-order valence-electron chi connectivity index (χ4n) is 3.24. The molecule has 1 aliphatic heterocycles. The van der Waals surface area contributed by atoms with Crippen LogP contribution in [0.15, 0.2) is 29.3 Å². The monoisotopic (exact) mass is 369 g/mol. The van der Waals surface area contributed by atoms with Crippen LogP contribution in [-0.2, 0) is 17.6 Å². The van der Waals surface area contributed by atoms with E-state index in [2.05, 4.69) is 15.3 Å². The smallest absolute Gasteiger partial charge is 0.160 e. The number of fused-ring (bicyclic) bond motifs is 1. The van der Waals surface area contributed by atoms with Gasteiger partial charge < -0.3 is 10.1 Å². The number of carbonyl (C=O) groups excluding carboxylic acids is 1. The normalized spacial score (nSPS) is 15.4. The van der Waals surface area contributed by atoms with Crippen molar-refractivity contribution in [2.24, 2.45) is 10.9 Å². The van der Waals surface area contributed by atoms with Gasteiger partial charge in [0.15, 0.2) is 5.75 Å². The Morgan fingerprint density at radius 2 is 2.15 bits per heavy atom. The van der Waals surface area contributed by atoms with Crippen molar-refractivity contribution in [2.75, 3.05) is 12.4 Å². The van der Waals surface area contributed by atoms with Gasteiger partial charge in [0.25, 0.3) is 0 Å². The fourth-order valence-corrected chi connectivity index (χ4v) is 3.50. The number of benzene rings is 1. The lowest BCUT2D eigenvalue weighted by atomic mass is 10.1. The Balaban J connectivity index is 1.71. The number of ketones is 1. The van der Waals surface area contributed by atoms with E-state index in [4.69, 9.17) is 16.3 Å². The van der Waals surface area contributed by atoms with E-state index in [9.17, 15) is 4.79 Å². The van der Waals surface area contributed by atoms with Crippen LogP contribution in [0.25, 0.3) is 0 Å². The predicted molar refractivity (Wildman–Crippen MR) is 103 cm³/mol. The second kappa shape index (κ2) is 6.72. The summed E-state index contributed by atoms with van der Waals surface area (Å²) in [5.74, 6) is 1.08. The molecule has 6 heteroatoms. The predicted octanol–water partition coefficient (Wildman–Crippen LogP) is 4.66. The number of carbonyl (C=O) groups is 1. The molecule has 0 bridgehead atoms. The molecule has 1 aliphatic carbocycles. The number of anilines is 2. The Morgan fingerprint density at radius 3 is 2.88 bits per heavy atom. The molecule has 1 fully saturated rings. The van der Waals surface area contributed by atoms with Crippen molar-refractivity contribution >= 4 is 40.2 Å². The SMILES string of the molecule is COc1c(Cl)cccc1Nc1cc(CC(=O)C2CC2)nc2c1N=C(C)C2. The first kappa shape index (κ1) is 17.0. The molecule has 1 saturated carbocycles. The molecule has 26 heavy (non-hydrogen) atoms. The van der Waals surface area contributed by atoms with E-state index >= 15 is 0 Å². The molecule has 2 heterocycles. The standard InChI is InChI=1S/C20H20ClN3O2/c1-11-8-16-19(22-11)17(9-13(23-16)10-18(25)12-6-7-12)24-15-5-3-4-14(21)20(15)26-2/h3-5,9,12H,6-8,10H2,1-2H3,(H,23,24). The average molecular weight is 370 g/mol. The maximum absolute atomic E-state index is 12.2. The topological polar surface area (TPSA) is 63.6 Å². The van der Waals surface area contributed by atoms with Gasteiger partial charge in [-0.25, -0.2) is 0 Å². The van der Waals surface area contributed by atoms with Crippen molar-refractivity contribution in [3.63, 3.8) is 0 Å². The summed E-state index contributed by atoms with van der Waals surface area (Å²) in [7, 11) is 1.59. The molecule has 0 unspecified atom stereocenters. The first-order chi connectivity index (χ1) is 12.5. The molecule has 1 N–H and O–H groups in total. The molecule has 0 amide bonds. The lowest BCUT2D eigenvalue weighted by Gasteiger charge is -2.15. The number of pyridine rings is 1. The molecule has 0 atom stereocenters. The van der Waals surface area contributed by atoms with E-state index in [1.807, 2.05) is 25.1 Å². The number of methoxy groups -OCH3 is 1. The summed E-state index contributed by atoms with van der Waals surface area (Å²) >= 11 is 6.23. The van der Waals surface area contributed by atoms with Crippen LogP contribution in [0, 0.1) is 5.92 Å². The number of nitrogens with zero attached hydrogens (tertiary/aromatic N) is 2. The summed E-state index contributed by atoms with van der Waals surface area (Å²) in [5.41, 5.74) is 5.12. The molecule has 1 aromatic heterocycles. The Morgan fingerprint density at radius 1 is 1.35 bits per heavy atom. The minimum Gasteiger partial charge on any atom is -0.493 e. The zero-order valence-corrected chi connectivity index (χ0v) is 15.6. The van der Waals surface area contributed by atoms with Gasteiger partial charge >= 0.3 is 0 Å². The van der Waals surface area contributed by atoms with Crippen LogP contribution in [-0.4, -0.2) is 23.6 Å². The number of rotatable bonds is 6. The van der Waals surface area contributed by atoms with Crippen molar-refractivity contribution in [1.29, 1.82) is 0 Å². The van der Waals surface area contributed by atoms with Gasteiger partial charge in [-0.2, -0.15) is 0 Å². The van der Waals surface area contributed by atoms with Gasteiger partial charge in [0.2, 0.25) is 0 Å².